The lowest BCUT2D eigenvalue weighted by atomic mass is 9.90. The van der Waals surface area contributed by atoms with Crippen LogP contribution in [-0.4, -0.2) is 43.0 Å². The van der Waals surface area contributed by atoms with Crippen molar-refractivity contribution in [3.8, 4) is 0 Å². The van der Waals surface area contributed by atoms with E-state index >= 15 is 0 Å². The number of halogens is 2. The summed E-state index contributed by atoms with van der Waals surface area (Å²) in [7, 11) is 0. The number of nitrogens with one attached hydrogen (secondary N) is 2. The number of rotatable bonds is 5. The summed E-state index contributed by atoms with van der Waals surface area (Å²) in [5.41, 5.74) is 0.547. The molecular weight excluding hydrogens is 340 g/mol. The lowest BCUT2D eigenvalue weighted by Gasteiger charge is -2.32. The number of aryl methyl sites for hydroxylation is 1. The van der Waals surface area contributed by atoms with E-state index in [1.807, 2.05) is 0 Å². The molecule has 0 saturated carbocycles. The van der Waals surface area contributed by atoms with E-state index in [0.29, 0.717) is 50.5 Å². The molecule has 5 nitrogen and oxygen atoms in total. The highest BCUT2D eigenvalue weighted by atomic mass is 19.1. The molecule has 0 bridgehead atoms. The summed E-state index contributed by atoms with van der Waals surface area (Å²) in [4.78, 5) is 25.2. The van der Waals surface area contributed by atoms with Crippen LogP contribution in [0.25, 0.3) is 0 Å². The Morgan fingerprint density at radius 2 is 2.00 bits per heavy atom. The molecule has 2 heterocycles. The average molecular weight is 365 g/mol. The lowest BCUT2D eigenvalue weighted by Crippen LogP contribution is -2.45. The smallest absolute Gasteiger partial charge is 0.317 e. The summed E-state index contributed by atoms with van der Waals surface area (Å²) in [5, 5.41) is 5.67. The van der Waals surface area contributed by atoms with Gasteiger partial charge in [0.25, 0.3) is 0 Å². The van der Waals surface area contributed by atoms with Gasteiger partial charge in [-0.25, -0.2) is 13.6 Å². The van der Waals surface area contributed by atoms with E-state index in [4.69, 9.17) is 0 Å². The van der Waals surface area contributed by atoms with Gasteiger partial charge >= 0.3 is 6.03 Å². The van der Waals surface area contributed by atoms with Crippen molar-refractivity contribution in [2.45, 2.75) is 32.1 Å². The molecule has 1 aromatic carbocycles. The topological polar surface area (TPSA) is 61.4 Å². The molecule has 2 fully saturated rings. The lowest BCUT2D eigenvalue weighted by molar-refractivity contribution is -0.119. The molecule has 0 spiro atoms. The fourth-order valence-corrected chi connectivity index (χ4v) is 3.66. The summed E-state index contributed by atoms with van der Waals surface area (Å²) < 4.78 is 26.6. The van der Waals surface area contributed by atoms with E-state index in [0.717, 1.165) is 25.3 Å². The minimum Gasteiger partial charge on any atom is -0.356 e. The van der Waals surface area contributed by atoms with Gasteiger partial charge in [0, 0.05) is 44.6 Å². The second-order valence-electron chi connectivity index (χ2n) is 7.27. The van der Waals surface area contributed by atoms with Crippen LogP contribution >= 0.6 is 0 Å². The SMILES string of the molecule is O=C1CC(CNC(=O)N2CCC(CCc3ccc(F)cc3F)CC2)CN1. The molecule has 7 heteroatoms. The molecule has 2 aliphatic rings. The first-order valence-electron chi connectivity index (χ1n) is 9.24. The number of carbonyl (C=O) groups is 2. The molecule has 3 amide bonds. The maximum Gasteiger partial charge on any atom is 0.317 e. The second-order valence-corrected chi connectivity index (χ2v) is 7.27. The largest absolute Gasteiger partial charge is 0.356 e. The minimum absolute atomic E-state index is 0.0441. The van der Waals surface area contributed by atoms with Crippen LogP contribution in [0.2, 0.25) is 0 Å². The predicted molar refractivity (Wildman–Crippen MR) is 93.5 cm³/mol. The van der Waals surface area contributed by atoms with Crippen LogP contribution in [0.1, 0.15) is 31.2 Å². The van der Waals surface area contributed by atoms with Crippen molar-refractivity contribution >= 4 is 11.9 Å². The maximum absolute atomic E-state index is 13.7. The number of piperidine rings is 1. The molecule has 3 rings (SSSR count). The Morgan fingerprint density at radius 3 is 2.65 bits per heavy atom. The van der Waals surface area contributed by atoms with E-state index in [-0.39, 0.29) is 17.9 Å². The number of hydrogen-bond donors (Lipinski definition) is 2. The minimum atomic E-state index is -0.552. The van der Waals surface area contributed by atoms with Gasteiger partial charge in [-0.05, 0) is 43.2 Å². The predicted octanol–water partition coefficient (Wildman–Crippen LogP) is 2.46. The number of urea groups is 1. The van der Waals surface area contributed by atoms with Gasteiger partial charge in [0.1, 0.15) is 11.6 Å². The average Bonchev–Trinajstić information content (AvgIpc) is 3.05. The molecule has 26 heavy (non-hydrogen) atoms. The van der Waals surface area contributed by atoms with Gasteiger partial charge in [-0.15, -0.1) is 0 Å². The van der Waals surface area contributed by atoms with Gasteiger partial charge in [0.2, 0.25) is 5.91 Å². The van der Waals surface area contributed by atoms with Gasteiger partial charge in [0.05, 0.1) is 0 Å². The standard InChI is InChI=1S/C19H25F2N3O2/c20-16-4-3-15(17(21)10-16)2-1-13-5-7-24(8-6-13)19(26)23-12-14-9-18(25)22-11-14/h3-4,10,13-14H,1-2,5-9,11-12H2,(H,22,25)(H,23,26). The number of nitrogens with zero attached hydrogens (tertiary/aromatic N) is 1. The van der Waals surface area contributed by atoms with Gasteiger partial charge < -0.3 is 15.5 Å². The Bertz CT molecular complexity index is 660. The molecule has 142 valence electrons. The number of amides is 3. The number of hydrogen-bond acceptors (Lipinski definition) is 2. The molecule has 0 aromatic heterocycles. The van der Waals surface area contributed by atoms with Crippen molar-refractivity contribution in [3.05, 3.63) is 35.4 Å². The highest BCUT2D eigenvalue weighted by Gasteiger charge is 2.25. The fraction of sp³-hybridized carbons (Fsp3) is 0.579. The monoisotopic (exact) mass is 365 g/mol. The first kappa shape index (κ1) is 18.6. The Labute approximate surface area is 152 Å². The van der Waals surface area contributed by atoms with E-state index in [9.17, 15) is 18.4 Å². The summed E-state index contributed by atoms with van der Waals surface area (Å²) >= 11 is 0. The maximum atomic E-state index is 13.7. The van der Waals surface area contributed by atoms with Crippen molar-refractivity contribution < 1.29 is 18.4 Å². The molecular formula is C19H25F2N3O2. The summed E-state index contributed by atoms with van der Waals surface area (Å²) in [5.74, 6) is -0.373. The molecule has 1 atom stereocenters. The Balaban J connectivity index is 1.37. The van der Waals surface area contributed by atoms with Crippen LogP contribution in [0.4, 0.5) is 13.6 Å². The highest BCUT2D eigenvalue weighted by Crippen LogP contribution is 2.23. The van der Waals surface area contributed by atoms with E-state index in [1.54, 1.807) is 4.90 Å². The zero-order valence-electron chi connectivity index (χ0n) is 14.8. The van der Waals surface area contributed by atoms with Crippen LogP contribution < -0.4 is 10.6 Å². The third-order valence-electron chi connectivity index (χ3n) is 5.34. The normalized spacial score (nSPS) is 20.9. The quantitative estimate of drug-likeness (QED) is 0.842. The second kappa shape index (κ2) is 8.47. The van der Waals surface area contributed by atoms with Crippen molar-refractivity contribution in [3.63, 3.8) is 0 Å². The van der Waals surface area contributed by atoms with Crippen molar-refractivity contribution in [2.75, 3.05) is 26.2 Å². The van der Waals surface area contributed by atoms with E-state index in [1.165, 1.54) is 12.1 Å². The molecule has 2 saturated heterocycles. The first-order valence-corrected chi connectivity index (χ1v) is 9.24. The Morgan fingerprint density at radius 1 is 1.23 bits per heavy atom. The summed E-state index contributed by atoms with van der Waals surface area (Å²) in [6.45, 7) is 2.51. The van der Waals surface area contributed by atoms with Crippen molar-refractivity contribution in [2.24, 2.45) is 11.8 Å². The summed E-state index contributed by atoms with van der Waals surface area (Å²) in [6.07, 6.45) is 3.68. The number of benzene rings is 1. The molecule has 0 aliphatic carbocycles. The Hall–Kier alpha value is -2.18. The number of carbonyl (C=O) groups excluding carboxylic acids is 2. The van der Waals surface area contributed by atoms with Crippen LogP contribution in [0.15, 0.2) is 18.2 Å². The van der Waals surface area contributed by atoms with E-state index < -0.39 is 11.6 Å². The van der Waals surface area contributed by atoms with Crippen LogP contribution in [0.3, 0.4) is 0 Å². The van der Waals surface area contributed by atoms with Crippen LogP contribution in [0, 0.1) is 23.5 Å². The van der Waals surface area contributed by atoms with Crippen molar-refractivity contribution in [1.82, 2.24) is 15.5 Å². The molecule has 2 N–H and O–H groups in total. The highest BCUT2D eigenvalue weighted by molar-refractivity contribution is 5.78. The molecule has 0 radical (unpaired) electrons. The van der Waals surface area contributed by atoms with Gasteiger partial charge in [0.15, 0.2) is 0 Å². The van der Waals surface area contributed by atoms with E-state index in [2.05, 4.69) is 10.6 Å². The molecule has 1 aromatic rings. The molecule has 1 unspecified atom stereocenters. The van der Waals surface area contributed by atoms with Gasteiger partial charge in [-0.3, -0.25) is 4.79 Å². The van der Waals surface area contributed by atoms with Gasteiger partial charge in [-0.1, -0.05) is 6.07 Å². The molecule has 2 aliphatic heterocycles. The number of likely N-dealkylation sites (tertiary alicyclic amines) is 1. The zero-order valence-corrected chi connectivity index (χ0v) is 14.8. The van der Waals surface area contributed by atoms with Crippen molar-refractivity contribution in [1.29, 1.82) is 0 Å². The Kier molecular flexibility index (Phi) is 6.06. The third-order valence-corrected chi connectivity index (χ3v) is 5.34. The van der Waals surface area contributed by atoms with Crippen LogP contribution in [0.5, 0.6) is 0 Å². The van der Waals surface area contributed by atoms with Crippen LogP contribution in [-0.2, 0) is 11.2 Å². The van der Waals surface area contributed by atoms with Gasteiger partial charge in [-0.2, -0.15) is 0 Å². The zero-order chi connectivity index (χ0) is 18.5. The fourth-order valence-electron chi connectivity index (χ4n) is 3.66. The summed E-state index contributed by atoms with van der Waals surface area (Å²) in [6, 6.07) is 3.65. The first-order chi connectivity index (χ1) is 12.5. The third kappa shape index (κ3) is 4.93.